The number of nitrogens with zero attached hydrogens (tertiary/aromatic N) is 3. The molecule has 0 amide bonds. The quantitative estimate of drug-likeness (QED) is 0.260. The smallest absolute Gasteiger partial charge is 0.188 e. The van der Waals surface area contributed by atoms with Crippen LogP contribution in [-0.2, 0) is 4.74 Å². The highest BCUT2D eigenvalue weighted by atomic mass is 127. The molecule has 2 aliphatic heterocycles. The van der Waals surface area contributed by atoms with Crippen LogP contribution in [0.15, 0.2) is 4.99 Å². The molecule has 0 radical (unpaired) electrons. The number of nitrogens with one attached hydrogen (secondary N) is 1. The minimum absolute atomic E-state index is 0. The Morgan fingerprint density at radius 1 is 1.00 bits per heavy atom. The Kier molecular flexibility index (Phi) is 11.2. The summed E-state index contributed by atoms with van der Waals surface area (Å²) >= 11 is 0. The fraction of sp³-hybridized carbons (Fsp3) is 0.933. The number of ether oxygens (including phenoxy) is 1. The van der Waals surface area contributed by atoms with Gasteiger partial charge in [-0.25, -0.2) is 0 Å². The van der Waals surface area contributed by atoms with Crippen LogP contribution >= 0.6 is 24.0 Å². The lowest BCUT2D eigenvalue weighted by atomic mass is 10.3. The molecule has 0 unspecified atom stereocenters. The molecule has 6 nitrogen and oxygen atoms in total. The van der Waals surface area contributed by atoms with E-state index in [9.17, 15) is 0 Å². The first-order valence-electron chi connectivity index (χ1n) is 8.41. The van der Waals surface area contributed by atoms with Crippen LogP contribution in [0.25, 0.3) is 0 Å². The predicted octanol–water partition coefficient (Wildman–Crippen LogP) is 0.717. The average molecular weight is 425 g/mol. The fourth-order valence-corrected chi connectivity index (χ4v) is 2.90. The Morgan fingerprint density at radius 2 is 1.64 bits per heavy atom. The maximum Gasteiger partial charge on any atom is 0.188 e. The third-order valence-corrected chi connectivity index (χ3v) is 4.17. The molecule has 3 N–H and O–H groups in total. The van der Waals surface area contributed by atoms with Crippen molar-refractivity contribution in [1.82, 2.24) is 15.1 Å². The molecule has 7 heteroatoms. The number of nitrogens with two attached hydrogens (primary N) is 1. The second-order valence-electron chi connectivity index (χ2n) is 5.90. The van der Waals surface area contributed by atoms with E-state index in [0.717, 1.165) is 65.3 Å². The van der Waals surface area contributed by atoms with Gasteiger partial charge in [0.15, 0.2) is 5.96 Å². The minimum Gasteiger partial charge on any atom is -0.379 e. The SMILES string of the molecule is I.NC(=NCCCN1CCCC1)NCCCN1CCOCC1. The topological polar surface area (TPSA) is 66.1 Å². The van der Waals surface area contributed by atoms with Crippen molar-refractivity contribution < 1.29 is 4.74 Å². The number of hydrogen-bond acceptors (Lipinski definition) is 4. The number of halogens is 1. The minimum atomic E-state index is 0. The summed E-state index contributed by atoms with van der Waals surface area (Å²) in [4.78, 5) is 9.35. The molecule has 0 aromatic carbocycles. The van der Waals surface area contributed by atoms with Crippen molar-refractivity contribution in [1.29, 1.82) is 0 Å². The van der Waals surface area contributed by atoms with E-state index in [4.69, 9.17) is 10.5 Å². The summed E-state index contributed by atoms with van der Waals surface area (Å²) < 4.78 is 5.34. The summed E-state index contributed by atoms with van der Waals surface area (Å²) in [5.74, 6) is 0.596. The van der Waals surface area contributed by atoms with Gasteiger partial charge >= 0.3 is 0 Å². The van der Waals surface area contributed by atoms with E-state index in [1.165, 1.54) is 25.9 Å². The van der Waals surface area contributed by atoms with E-state index < -0.39 is 0 Å². The van der Waals surface area contributed by atoms with Gasteiger partial charge < -0.3 is 20.7 Å². The summed E-state index contributed by atoms with van der Waals surface area (Å²) in [7, 11) is 0. The molecule has 0 aromatic heterocycles. The number of morpholine rings is 1. The summed E-state index contributed by atoms with van der Waals surface area (Å²) in [5, 5.41) is 3.21. The lowest BCUT2D eigenvalue weighted by Gasteiger charge is -2.26. The van der Waals surface area contributed by atoms with Gasteiger partial charge in [-0.1, -0.05) is 0 Å². The molecule has 2 saturated heterocycles. The van der Waals surface area contributed by atoms with Crippen LogP contribution in [0, 0.1) is 0 Å². The molecule has 2 heterocycles. The van der Waals surface area contributed by atoms with Crippen LogP contribution in [0.1, 0.15) is 25.7 Å². The summed E-state index contributed by atoms with van der Waals surface area (Å²) in [6, 6.07) is 0. The molecular formula is C15H32IN5O. The van der Waals surface area contributed by atoms with Crippen LogP contribution in [0.3, 0.4) is 0 Å². The van der Waals surface area contributed by atoms with Gasteiger partial charge in [-0.15, -0.1) is 24.0 Å². The van der Waals surface area contributed by atoms with Gasteiger partial charge in [0.2, 0.25) is 0 Å². The molecule has 2 rings (SSSR count). The molecule has 22 heavy (non-hydrogen) atoms. The Labute approximate surface area is 151 Å². The zero-order chi connectivity index (χ0) is 14.8. The Morgan fingerprint density at radius 3 is 2.36 bits per heavy atom. The van der Waals surface area contributed by atoms with Gasteiger partial charge in [-0.05, 0) is 51.9 Å². The van der Waals surface area contributed by atoms with E-state index in [0.29, 0.717) is 5.96 Å². The van der Waals surface area contributed by atoms with Crippen LogP contribution in [-0.4, -0.2) is 81.3 Å². The first kappa shape index (κ1) is 19.9. The Bertz CT molecular complexity index is 304. The maximum atomic E-state index is 5.88. The number of likely N-dealkylation sites (tertiary alicyclic amines) is 1. The molecular weight excluding hydrogens is 393 g/mol. The molecule has 0 saturated carbocycles. The van der Waals surface area contributed by atoms with E-state index in [2.05, 4.69) is 20.1 Å². The van der Waals surface area contributed by atoms with Gasteiger partial charge in [-0.2, -0.15) is 0 Å². The standard InChI is InChI=1S/C15H31N5O.HI/c16-15(17-5-3-9-19-7-1-2-8-19)18-6-4-10-20-11-13-21-14-12-20;/h1-14H2,(H3,16,17,18);1H. The van der Waals surface area contributed by atoms with Crippen molar-refractivity contribution in [2.45, 2.75) is 25.7 Å². The number of guanidine groups is 1. The third kappa shape index (κ3) is 8.50. The van der Waals surface area contributed by atoms with E-state index in [1.807, 2.05) is 0 Å². The van der Waals surface area contributed by atoms with E-state index in [-0.39, 0.29) is 24.0 Å². The highest BCUT2D eigenvalue weighted by Crippen LogP contribution is 2.07. The number of rotatable bonds is 8. The van der Waals surface area contributed by atoms with Crippen LogP contribution in [0.4, 0.5) is 0 Å². The van der Waals surface area contributed by atoms with Crippen LogP contribution in [0.2, 0.25) is 0 Å². The van der Waals surface area contributed by atoms with Crippen molar-refractivity contribution in [2.24, 2.45) is 10.7 Å². The lowest BCUT2D eigenvalue weighted by molar-refractivity contribution is 0.0376. The second-order valence-corrected chi connectivity index (χ2v) is 5.90. The lowest BCUT2D eigenvalue weighted by Crippen LogP contribution is -2.39. The first-order valence-corrected chi connectivity index (χ1v) is 8.41. The Balaban J connectivity index is 0.00000242. The molecule has 0 bridgehead atoms. The fourth-order valence-electron chi connectivity index (χ4n) is 2.90. The van der Waals surface area contributed by atoms with Crippen molar-refractivity contribution in [2.75, 3.05) is 65.6 Å². The third-order valence-electron chi connectivity index (χ3n) is 4.17. The van der Waals surface area contributed by atoms with Crippen molar-refractivity contribution in [3.05, 3.63) is 0 Å². The van der Waals surface area contributed by atoms with Crippen molar-refractivity contribution >= 4 is 29.9 Å². The van der Waals surface area contributed by atoms with E-state index >= 15 is 0 Å². The average Bonchev–Trinajstić information content (AvgIpc) is 3.02. The molecule has 0 spiro atoms. The largest absolute Gasteiger partial charge is 0.379 e. The predicted molar refractivity (Wildman–Crippen MR) is 102 cm³/mol. The van der Waals surface area contributed by atoms with Crippen LogP contribution in [0.5, 0.6) is 0 Å². The van der Waals surface area contributed by atoms with Crippen molar-refractivity contribution in [3.63, 3.8) is 0 Å². The zero-order valence-corrected chi connectivity index (χ0v) is 16.0. The van der Waals surface area contributed by atoms with Gasteiger partial charge in [-0.3, -0.25) is 9.89 Å². The molecule has 0 aliphatic carbocycles. The molecule has 2 fully saturated rings. The number of aliphatic imine (C=N–C) groups is 1. The summed E-state index contributed by atoms with van der Waals surface area (Å²) in [6.45, 7) is 10.4. The second kappa shape index (κ2) is 12.3. The maximum absolute atomic E-state index is 5.88. The molecule has 2 aliphatic rings. The highest BCUT2D eigenvalue weighted by molar-refractivity contribution is 14.0. The molecule has 0 aromatic rings. The van der Waals surface area contributed by atoms with Gasteiger partial charge in [0.05, 0.1) is 13.2 Å². The summed E-state index contributed by atoms with van der Waals surface area (Å²) in [5.41, 5.74) is 5.88. The summed E-state index contributed by atoms with van der Waals surface area (Å²) in [6.07, 6.45) is 4.92. The van der Waals surface area contributed by atoms with Gasteiger partial charge in [0.25, 0.3) is 0 Å². The molecule has 0 atom stereocenters. The Hall–Kier alpha value is -0.120. The van der Waals surface area contributed by atoms with Crippen molar-refractivity contribution in [3.8, 4) is 0 Å². The zero-order valence-electron chi connectivity index (χ0n) is 13.6. The van der Waals surface area contributed by atoms with Gasteiger partial charge in [0.1, 0.15) is 0 Å². The van der Waals surface area contributed by atoms with Crippen LogP contribution < -0.4 is 11.1 Å². The normalized spacial score (nSPS) is 20.8. The highest BCUT2D eigenvalue weighted by Gasteiger charge is 2.10. The monoisotopic (exact) mass is 425 g/mol. The first-order chi connectivity index (χ1) is 10.3. The molecule has 130 valence electrons. The number of hydrogen-bond donors (Lipinski definition) is 2. The van der Waals surface area contributed by atoms with E-state index in [1.54, 1.807) is 0 Å². The van der Waals surface area contributed by atoms with Gasteiger partial charge in [0, 0.05) is 26.2 Å².